The number of benzene rings is 2. The number of halogens is 3. The first kappa shape index (κ1) is 18.0. The van der Waals surface area contributed by atoms with Crippen LogP contribution in [-0.4, -0.2) is 19.7 Å². The van der Waals surface area contributed by atoms with E-state index in [9.17, 15) is 26.4 Å². The van der Waals surface area contributed by atoms with Crippen LogP contribution in [0.1, 0.15) is 21.8 Å². The molecule has 1 atom stereocenters. The van der Waals surface area contributed by atoms with Crippen LogP contribution in [0.2, 0.25) is 0 Å². The van der Waals surface area contributed by atoms with Crippen molar-refractivity contribution in [1.82, 2.24) is 0 Å². The zero-order valence-corrected chi connectivity index (χ0v) is 13.8. The average molecular weight is 384 g/mol. The highest BCUT2D eigenvalue weighted by Gasteiger charge is 2.48. The zero-order chi connectivity index (χ0) is 19.1. The van der Waals surface area contributed by atoms with E-state index in [4.69, 9.17) is 4.74 Å². The first-order valence-electron chi connectivity index (χ1n) is 7.21. The van der Waals surface area contributed by atoms with Gasteiger partial charge in [-0.1, -0.05) is 36.9 Å². The van der Waals surface area contributed by atoms with E-state index in [0.717, 1.165) is 18.2 Å². The summed E-state index contributed by atoms with van der Waals surface area (Å²) in [6, 6.07) is 11.7. The predicted molar refractivity (Wildman–Crippen MR) is 85.3 cm³/mol. The summed E-state index contributed by atoms with van der Waals surface area (Å²) in [6.07, 6.45) is 0. The Morgan fingerprint density at radius 3 is 2.35 bits per heavy atom. The van der Waals surface area contributed by atoms with Crippen LogP contribution in [0.5, 0.6) is 11.5 Å². The molecule has 2 aromatic rings. The summed E-state index contributed by atoms with van der Waals surface area (Å²) in [4.78, 5) is 12.7. The second-order valence-electron chi connectivity index (χ2n) is 5.42. The van der Waals surface area contributed by atoms with E-state index in [1.165, 1.54) is 0 Å². The lowest BCUT2D eigenvalue weighted by Gasteiger charge is -2.26. The Labute approximate surface area is 146 Å². The Bertz CT molecular complexity index is 981. The maximum atomic E-state index is 12.7. The van der Waals surface area contributed by atoms with Crippen LogP contribution in [0.15, 0.2) is 60.9 Å². The summed E-state index contributed by atoms with van der Waals surface area (Å²) in [7, 11) is -5.82. The standard InChI is InChI=1S/C17H11F3O5S/c1-10-15(11-5-3-2-4-6-11)16(21)13-8-7-12(9-14(13)24-10)25-26(22,23)17(18,19)20/h2-9,15H,1H2. The lowest BCUT2D eigenvalue weighted by Crippen LogP contribution is -2.28. The third kappa shape index (κ3) is 3.17. The number of ether oxygens (including phenoxy) is 1. The summed E-state index contributed by atoms with van der Waals surface area (Å²) in [6.45, 7) is 3.68. The number of rotatable bonds is 3. The molecule has 2 aromatic carbocycles. The first-order chi connectivity index (χ1) is 12.1. The molecule has 0 amide bonds. The van der Waals surface area contributed by atoms with E-state index < -0.39 is 27.3 Å². The Morgan fingerprint density at radius 1 is 1.08 bits per heavy atom. The highest BCUT2D eigenvalue weighted by molar-refractivity contribution is 7.88. The minimum atomic E-state index is -5.82. The second-order valence-corrected chi connectivity index (χ2v) is 6.96. The van der Waals surface area contributed by atoms with Crippen LogP contribution in [0.3, 0.4) is 0 Å². The van der Waals surface area contributed by atoms with Crippen molar-refractivity contribution in [2.45, 2.75) is 11.4 Å². The van der Waals surface area contributed by atoms with Gasteiger partial charge in [0.2, 0.25) is 0 Å². The van der Waals surface area contributed by atoms with Gasteiger partial charge in [-0.2, -0.15) is 21.6 Å². The molecule has 1 heterocycles. The molecule has 0 spiro atoms. The fourth-order valence-electron chi connectivity index (χ4n) is 2.50. The Kier molecular flexibility index (Phi) is 4.27. The highest BCUT2D eigenvalue weighted by atomic mass is 32.2. The van der Waals surface area contributed by atoms with Crippen LogP contribution in [0.25, 0.3) is 0 Å². The van der Waals surface area contributed by atoms with Crippen molar-refractivity contribution in [3.63, 3.8) is 0 Å². The molecule has 1 aliphatic rings. The number of allylic oxidation sites excluding steroid dienone is 1. The Hall–Kier alpha value is -2.81. The maximum absolute atomic E-state index is 12.7. The Morgan fingerprint density at radius 2 is 1.73 bits per heavy atom. The van der Waals surface area contributed by atoms with Gasteiger partial charge in [0, 0.05) is 6.07 Å². The van der Waals surface area contributed by atoms with Crippen molar-refractivity contribution < 1.29 is 35.3 Å². The van der Waals surface area contributed by atoms with Crippen molar-refractivity contribution in [2.75, 3.05) is 0 Å². The molecule has 1 aliphatic heterocycles. The molecule has 5 nitrogen and oxygen atoms in total. The SMILES string of the molecule is C=C1Oc2cc(OS(=O)(=O)C(F)(F)F)ccc2C(=O)C1c1ccccc1. The number of Topliss-reactive ketones (excluding diaryl/α,β-unsaturated/α-hetero) is 1. The van der Waals surface area contributed by atoms with Crippen molar-refractivity contribution in [1.29, 1.82) is 0 Å². The van der Waals surface area contributed by atoms with E-state index >= 15 is 0 Å². The third-order valence-electron chi connectivity index (χ3n) is 3.67. The van der Waals surface area contributed by atoms with Crippen LogP contribution in [-0.2, 0) is 10.1 Å². The number of hydrogen-bond donors (Lipinski definition) is 0. The molecule has 0 saturated heterocycles. The molecular weight excluding hydrogens is 373 g/mol. The van der Waals surface area contributed by atoms with Gasteiger partial charge in [-0.05, 0) is 17.7 Å². The van der Waals surface area contributed by atoms with Crippen molar-refractivity contribution >= 4 is 15.9 Å². The molecule has 136 valence electrons. The van der Waals surface area contributed by atoms with Gasteiger partial charge in [0.15, 0.2) is 5.78 Å². The molecule has 26 heavy (non-hydrogen) atoms. The first-order valence-corrected chi connectivity index (χ1v) is 8.61. The second kappa shape index (κ2) is 6.17. The van der Waals surface area contributed by atoms with Crippen LogP contribution in [0, 0.1) is 0 Å². The predicted octanol–water partition coefficient (Wildman–Crippen LogP) is 3.79. The molecular formula is C17H11F3O5S. The molecule has 1 unspecified atom stereocenters. The number of carbonyl (C=O) groups excluding carboxylic acids is 1. The normalized spacial score (nSPS) is 17.4. The van der Waals surface area contributed by atoms with Gasteiger partial charge in [-0.3, -0.25) is 4.79 Å². The van der Waals surface area contributed by atoms with Crippen LogP contribution < -0.4 is 8.92 Å². The lowest BCUT2D eigenvalue weighted by atomic mass is 9.87. The van der Waals surface area contributed by atoms with Gasteiger partial charge in [0.05, 0.1) is 5.56 Å². The van der Waals surface area contributed by atoms with Gasteiger partial charge in [-0.25, -0.2) is 0 Å². The summed E-state index contributed by atoms with van der Waals surface area (Å²) >= 11 is 0. The fraction of sp³-hybridized carbons (Fsp3) is 0.118. The van der Waals surface area contributed by atoms with Crippen molar-refractivity contribution in [2.24, 2.45) is 0 Å². The molecule has 0 aliphatic carbocycles. The Balaban J connectivity index is 1.95. The summed E-state index contributed by atoms with van der Waals surface area (Å²) in [5.41, 5.74) is -4.84. The van der Waals surface area contributed by atoms with E-state index in [-0.39, 0.29) is 22.9 Å². The number of hydrogen-bond acceptors (Lipinski definition) is 5. The smallest absolute Gasteiger partial charge is 0.460 e. The number of alkyl halides is 3. The van der Waals surface area contributed by atoms with E-state index in [0.29, 0.717) is 5.56 Å². The monoisotopic (exact) mass is 384 g/mol. The zero-order valence-electron chi connectivity index (χ0n) is 13.0. The van der Waals surface area contributed by atoms with Gasteiger partial charge in [-0.15, -0.1) is 0 Å². The number of carbonyl (C=O) groups is 1. The molecule has 3 rings (SSSR count). The fourth-order valence-corrected chi connectivity index (χ4v) is 2.95. The van der Waals surface area contributed by atoms with Crippen LogP contribution >= 0.6 is 0 Å². The molecule has 0 saturated carbocycles. The minimum Gasteiger partial charge on any atom is -0.460 e. The van der Waals surface area contributed by atoms with E-state index in [1.807, 2.05) is 0 Å². The number of fused-ring (bicyclic) bond motifs is 1. The molecule has 9 heteroatoms. The number of ketones is 1. The van der Waals surface area contributed by atoms with Crippen molar-refractivity contribution in [3.05, 3.63) is 72.0 Å². The molecule has 0 N–H and O–H groups in total. The van der Waals surface area contributed by atoms with Gasteiger partial charge < -0.3 is 8.92 Å². The molecule has 0 aromatic heterocycles. The molecule has 0 radical (unpaired) electrons. The largest absolute Gasteiger partial charge is 0.534 e. The molecule has 0 bridgehead atoms. The lowest BCUT2D eigenvalue weighted by molar-refractivity contribution is -0.0500. The minimum absolute atomic E-state index is 0.0736. The van der Waals surface area contributed by atoms with Gasteiger partial charge in [0.1, 0.15) is 23.2 Å². The maximum Gasteiger partial charge on any atom is 0.534 e. The van der Waals surface area contributed by atoms with Gasteiger partial charge in [0.25, 0.3) is 0 Å². The average Bonchev–Trinajstić information content (AvgIpc) is 2.54. The summed E-state index contributed by atoms with van der Waals surface area (Å²) in [5, 5.41) is 0. The van der Waals surface area contributed by atoms with E-state index in [1.54, 1.807) is 30.3 Å². The highest BCUT2D eigenvalue weighted by Crippen LogP contribution is 2.40. The van der Waals surface area contributed by atoms with Crippen LogP contribution in [0.4, 0.5) is 13.2 Å². The summed E-state index contributed by atoms with van der Waals surface area (Å²) in [5.74, 6) is -1.81. The molecule has 0 fully saturated rings. The van der Waals surface area contributed by atoms with Crippen molar-refractivity contribution in [3.8, 4) is 11.5 Å². The van der Waals surface area contributed by atoms with Gasteiger partial charge >= 0.3 is 15.6 Å². The third-order valence-corrected chi connectivity index (χ3v) is 4.64. The van der Waals surface area contributed by atoms with E-state index in [2.05, 4.69) is 10.8 Å². The quantitative estimate of drug-likeness (QED) is 0.595. The summed E-state index contributed by atoms with van der Waals surface area (Å²) < 4.78 is 68.9. The topological polar surface area (TPSA) is 69.7 Å².